The van der Waals surface area contributed by atoms with E-state index < -0.39 is 45.7 Å². The first-order valence-corrected chi connectivity index (χ1v) is 14.9. The number of carbonyl (C=O) groups excluding carboxylic acids is 2. The molecular weight excluding hydrogens is 570 g/mol. The van der Waals surface area contributed by atoms with Crippen molar-refractivity contribution in [2.24, 2.45) is 11.7 Å². The molecule has 0 saturated carbocycles. The van der Waals surface area contributed by atoms with Crippen molar-refractivity contribution >= 4 is 21.8 Å². The van der Waals surface area contributed by atoms with Crippen LogP contribution in [0.15, 0.2) is 47.4 Å². The number of nitrogens with zero attached hydrogens (tertiary/aromatic N) is 1. The minimum atomic E-state index is -4.01. The van der Waals surface area contributed by atoms with Crippen LogP contribution in [0.3, 0.4) is 0 Å². The standard InChI is InChI=1S/C28H39N3O10S/c1-18(2)26(42(36,37)21-11-12-22-23(15-21)40-17-39-22)30-16-28(34,35)24(41-27(29)33)14-19-7-9-20(10-8-19)38-13-5-6-25(32)31(3)4/h7-12,15,18,24,26,30,34-35H,5-6,13-14,16-17H2,1-4H3,(H2,29,33). The molecule has 2 aromatic carbocycles. The minimum absolute atomic E-state index is 0.00525. The van der Waals surface area contributed by atoms with Crippen molar-refractivity contribution in [1.82, 2.24) is 10.2 Å². The molecule has 2 atom stereocenters. The number of primary amides is 1. The first-order valence-electron chi connectivity index (χ1n) is 13.4. The van der Waals surface area contributed by atoms with Crippen molar-refractivity contribution < 1.29 is 47.2 Å². The first-order chi connectivity index (χ1) is 19.7. The molecule has 42 heavy (non-hydrogen) atoms. The zero-order valence-corrected chi connectivity index (χ0v) is 24.9. The lowest BCUT2D eigenvalue weighted by molar-refractivity contribution is -0.219. The Hall–Kier alpha value is -3.59. The molecule has 3 rings (SSSR count). The van der Waals surface area contributed by atoms with Gasteiger partial charge in [-0.1, -0.05) is 26.0 Å². The average molecular weight is 610 g/mol. The summed E-state index contributed by atoms with van der Waals surface area (Å²) in [7, 11) is -0.638. The summed E-state index contributed by atoms with van der Waals surface area (Å²) in [6.07, 6.45) is -2.01. The molecule has 0 aliphatic carbocycles. The van der Waals surface area contributed by atoms with Gasteiger partial charge in [-0.05, 0) is 42.2 Å². The highest BCUT2D eigenvalue weighted by atomic mass is 32.2. The predicted octanol–water partition coefficient (Wildman–Crippen LogP) is 1.40. The summed E-state index contributed by atoms with van der Waals surface area (Å²) in [5, 5.41) is 23.4. The van der Waals surface area contributed by atoms with Gasteiger partial charge in [-0.3, -0.25) is 10.1 Å². The molecule has 1 heterocycles. The Balaban J connectivity index is 1.66. The zero-order chi connectivity index (χ0) is 31.1. The van der Waals surface area contributed by atoms with Gasteiger partial charge in [0.25, 0.3) is 0 Å². The van der Waals surface area contributed by atoms with E-state index in [1.165, 1.54) is 23.1 Å². The molecular formula is C28H39N3O10S. The van der Waals surface area contributed by atoms with Gasteiger partial charge in [-0.25, -0.2) is 13.2 Å². The summed E-state index contributed by atoms with van der Waals surface area (Å²) in [6, 6.07) is 10.9. The molecule has 0 fully saturated rings. The molecule has 14 heteroatoms. The second-order valence-electron chi connectivity index (χ2n) is 10.5. The molecule has 5 N–H and O–H groups in total. The largest absolute Gasteiger partial charge is 0.494 e. The van der Waals surface area contributed by atoms with Crippen molar-refractivity contribution in [2.75, 3.05) is 34.0 Å². The Bertz CT molecular complexity index is 1330. The van der Waals surface area contributed by atoms with Crippen molar-refractivity contribution in [3.63, 3.8) is 0 Å². The van der Waals surface area contributed by atoms with Crippen LogP contribution < -0.4 is 25.3 Å². The fourth-order valence-corrected chi connectivity index (χ4v) is 6.12. The van der Waals surface area contributed by atoms with Crippen LogP contribution in [-0.2, 0) is 25.8 Å². The molecule has 13 nitrogen and oxygen atoms in total. The van der Waals surface area contributed by atoms with Crippen LogP contribution in [0, 0.1) is 5.92 Å². The monoisotopic (exact) mass is 609 g/mol. The Kier molecular flexibility index (Phi) is 11.0. The molecule has 0 bridgehead atoms. The van der Waals surface area contributed by atoms with E-state index in [0.717, 1.165) is 0 Å². The first kappa shape index (κ1) is 32.9. The minimum Gasteiger partial charge on any atom is -0.494 e. The van der Waals surface area contributed by atoms with Gasteiger partial charge < -0.3 is 39.8 Å². The Morgan fingerprint density at radius 3 is 2.38 bits per heavy atom. The molecule has 0 saturated heterocycles. The number of carbonyl (C=O) groups is 2. The summed E-state index contributed by atoms with van der Waals surface area (Å²) in [4.78, 5) is 24.8. The number of sulfone groups is 1. The number of hydrogen-bond acceptors (Lipinski definition) is 11. The number of benzene rings is 2. The molecule has 0 aromatic heterocycles. The number of nitrogens with two attached hydrogens (primary N) is 1. The molecule has 1 aliphatic rings. The molecule has 2 unspecified atom stereocenters. The number of fused-ring (bicyclic) bond motifs is 1. The van der Waals surface area contributed by atoms with Crippen molar-refractivity contribution in [1.29, 1.82) is 0 Å². The van der Waals surface area contributed by atoms with Crippen molar-refractivity contribution in [2.45, 2.75) is 55.3 Å². The highest BCUT2D eigenvalue weighted by molar-refractivity contribution is 7.92. The lowest BCUT2D eigenvalue weighted by Gasteiger charge is -2.33. The van der Waals surface area contributed by atoms with Gasteiger partial charge in [-0.2, -0.15) is 0 Å². The van der Waals surface area contributed by atoms with Crippen LogP contribution in [-0.4, -0.2) is 86.8 Å². The van der Waals surface area contributed by atoms with E-state index in [2.05, 4.69) is 5.32 Å². The van der Waals surface area contributed by atoms with Gasteiger partial charge in [0, 0.05) is 33.0 Å². The fourth-order valence-electron chi connectivity index (χ4n) is 4.28. The molecule has 1 aliphatic heterocycles. The topological polar surface area (TPSA) is 187 Å². The summed E-state index contributed by atoms with van der Waals surface area (Å²) < 4.78 is 48.1. The number of hydrogen-bond donors (Lipinski definition) is 4. The van der Waals surface area contributed by atoms with Gasteiger partial charge in [0.15, 0.2) is 27.4 Å². The molecule has 0 spiro atoms. The molecule has 2 aromatic rings. The molecule has 0 radical (unpaired) electrons. The second kappa shape index (κ2) is 14.1. The Labute approximate surface area is 245 Å². The lowest BCUT2D eigenvalue weighted by Crippen LogP contribution is -2.56. The zero-order valence-electron chi connectivity index (χ0n) is 24.1. The maximum atomic E-state index is 13.5. The van der Waals surface area contributed by atoms with E-state index in [-0.39, 0.29) is 24.0 Å². The summed E-state index contributed by atoms with van der Waals surface area (Å²) in [5.41, 5.74) is 5.77. The molecule has 232 valence electrons. The SMILES string of the molecule is CC(C)C(NCC(O)(O)C(Cc1ccc(OCCCC(=O)N(C)C)cc1)OC(N)=O)S(=O)(=O)c1ccc2c(c1)OCO2. The van der Waals surface area contributed by atoms with Crippen LogP contribution >= 0.6 is 0 Å². The van der Waals surface area contributed by atoms with E-state index in [0.29, 0.717) is 42.3 Å². The van der Waals surface area contributed by atoms with E-state index >= 15 is 0 Å². The van der Waals surface area contributed by atoms with E-state index in [4.69, 9.17) is 24.7 Å². The maximum absolute atomic E-state index is 13.5. The van der Waals surface area contributed by atoms with E-state index in [9.17, 15) is 28.2 Å². The van der Waals surface area contributed by atoms with Gasteiger partial charge >= 0.3 is 6.09 Å². The van der Waals surface area contributed by atoms with E-state index in [1.54, 1.807) is 52.2 Å². The van der Waals surface area contributed by atoms with Crippen LogP contribution in [0.1, 0.15) is 32.3 Å². The number of amides is 2. The highest BCUT2D eigenvalue weighted by Crippen LogP contribution is 2.35. The number of nitrogens with one attached hydrogen (secondary N) is 1. The van der Waals surface area contributed by atoms with Crippen LogP contribution in [0.2, 0.25) is 0 Å². The van der Waals surface area contributed by atoms with Gasteiger partial charge in [0.05, 0.1) is 18.0 Å². The average Bonchev–Trinajstić information content (AvgIpc) is 3.39. The van der Waals surface area contributed by atoms with Crippen molar-refractivity contribution in [3.05, 3.63) is 48.0 Å². The highest BCUT2D eigenvalue weighted by Gasteiger charge is 2.40. The van der Waals surface area contributed by atoms with Crippen LogP contribution in [0.25, 0.3) is 0 Å². The number of ether oxygens (including phenoxy) is 4. The lowest BCUT2D eigenvalue weighted by atomic mass is 10.0. The van der Waals surface area contributed by atoms with Crippen LogP contribution in [0.4, 0.5) is 4.79 Å². The summed E-state index contributed by atoms with van der Waals surface area (Å²) >= 11 is 0. The third-order valence-electron chi connectivity index (χ3n) is 6.60. The normalized spacial score (nSPS) is 14.4. The third kappa shape index (κ3) is 8.71. The maximum Gasteiger partial charge on any atom is 0.404 e. The third-order valence-corrected chi connectivity index (χ3v) is 8.89. The smallest absolute Gasteiger partial charge is 0.404 e. The molecule has 2 amide bonds. The quantitative estimate of drug-likeness (QED) is 0.169. The summed E-state index contributed by atoms with van der Waals surface area (Å²) in [6.45, 7) is 2.99. The number of aliphatic hydroxyl groups is 2. The van der Waals surface area contributed by atoms with Crippen LogP contribution in [0.5, 0.6) is 17.2 Å². The van der Waals surface area contributed by atoms with Crippen molar-refractivity contribution in [3.8, 4) is 17.2 Å². The van der Waals surface area contributed by atoms with Gasteiger partial charge in [0.1, 0.15) is 11.1 Å². The van der Waals surface area contributed by atoms with E-state index in [1.807, 2.05) is 0 Å². The predicted molar refractivity (Wildman–Crippen MR) is 152 cm³/mol. The van der Waals surface area contributed by atoms with Gasteiger partial charge in [-0.15, -0.1) is 0 Å². The second-order valence-corrected chi connectivity index (χ2v) is 12.6. The Morgan fingerprint density at radius 1 is 1.10 bits per heavy atom. The van der Waals surface area contributed by atoms with Gasteiger partial charge in [0.2, 0.25) is 18.5 Å². The summed E-state index contributed by atoms with van der Waals surface area (Å²) in [5.74, 6) is -1.91. The fraction of sp³-hybridized carbons (Fsp3) is 0.500. The Morgan fingerprint density at radius 2 is 1.76 bits per heavy atom. The number of rotatable bonds is 15.